The van der Waals surface area contributed by atoms with Crippen LogP contribution in [-0.2, 0) is 16.0 Å². The molecular formula is C22H29N3O4. The van der Waals surface area contributed by atoms with Crippen LogP contribution >= 0.6 is 0 Å². The molecule has 156 valence electrons. The summed E-state index contributed by atoms with van der Waals surface area (Å²) in [6, 6.07) is 5.27. The highest BCUT2D eigenvalue weighted by molar-refractivity contribution is 6.09. The number of hydrogen-bond donors (Lipinski definition) is 2. The molecule has 1 spiro atoms. The topological polar surface area (TPSA) is 87.7 Å². The summed E-state index contributed by atoms with van der Waals surface area (Å²) in [4.78, 5) is 39.1. The molecule has 0 aromatic heterocycles. The fourth-order valence-electron chi connectivity index (χ4n) is 4.80. The highest BCUT2D eigenvalue weighted by atomic mass is 16.5. The van der Waals surface area contributed by atoms with Gasteiger partial charge in [-0.1, -0.05) is 31.9 Å². The molecule has 1 saturated heterocycles. The van der Waals surface area contributed by atoms with Crippen LogP contribution in [0.1, 0.15) is 63.1 Å². The average molecular weight is 399 g/mol. The number of benzene rings is 1. The highest BCUT2D eigenvalue weighted by Gasteiger charge is 2.55. The lowest BCUT2D eigenvalue weighted by atomic mass is 9.73. The maximum atomic E-state index is 13.0. The van der Waals surface area contributed by atoms with E-state index in [0.29, 0.717) is 6.42 Å². The first-order valence-corrected chi connectivity index (χ1v) is 10.6. The lowest BCUT2D eigenvalue weighted by molar-refractivity contribution is -0.137. The van der Waals surface area contributed by atoms with Crippen molar-refractivity contribution in [2.24, 2.45) is 5.92 Å². The molecule has 1 aromatic rings. The zero-order valence-corrected chi connectivity index (χ0v) is 17.1. The Balaban J connectivity index is 1.40. The Kier molecular flexibility index (Phi) is 5.23. The Hall–Kier alpha value is -2.57. The first-order chi connectivity index (χ1) is 13.9. The van der Waals surface area contributed by atoms with Gasteiger partial charge in [-0.3, -0.25) is 14.5 Å². The van der Waals surface area contributed by atoms with E-state index in [1.54, 1.807) is 0 Å². The van der Waals surface area contributed by atoms with Gasteiger partial charge in [-0.25, -0.2) is 4.79 Å². The van der Waals surface area contributed by atoms with Crippen LogP contribution in [0.15, 0.2) is 18.2 Å². The molecule has 1 aliphatic carbocycles. The van der Waals surface area contributed by atoms with Crippen molar-refractivity contribution in [2.75, 3.05) is 13.2 Å². The average Bonchev–Trinajstić information content (AvgIpc) is 2.94. The molecule has 7 heteroatoms. The number of rotatable bonds is 4. The number of amides is 4. The molecule has 4 rings (SSSR count). The minimum Gasteiger partial charge on any atom is -0.493 e. The van der Waals surface area contributed by atoms with E-state index in [2.05, 4.69) is 16.7 Å². The molecule has 0 bridgehead atoms. The van der Waals surface area contributed by atoms with Gasteiger partial charge in [0.2, 0.25) is 5.91 Å². The van der Waals surface area contributed by atoms with Gasteiger partial charge in [0, 0.05) is 0 Å². The molecule has 2 heterocycles. The van der Waals surface area contributed by atoms with E-state index in [9.17, 15) is 14.4 Å². The number of hydrogen-bond acceptors (Lipinski definition) is 4. The van der Waals surface area contributed by atoms with Crippen molar-refractivity contribution in [2.45, 2.75) is 64.0 Å². The summed E-state index contributed by atoms with van der Waals surface area (Å²) in [7, 11) is 0. The van der Waals surface area contributed by atoms with Crippen molar-refractivity contribution in [1.29, 1.82) is 0 Å². The zero-order chi connectivity index (χ0) is 20.6. The lowest BCUT2D eigenvalue weighted by Crippen LogP contribution is -2.54. The maximum absolute atomic E-state index is 13.0. The molecule has 4 amide bonds. The fraction of sp³-hybridized carbons (Fsp3) is 0.591. The van der Waals surface area contributed by atoms with Crippen molar-refractivity contribution in [1.82, 2.24) is 15.5 Å². The quantitative estimate of drug-likeness (QED) is 0.762. The van der Waals surface area contributed by atoms with Crippen molar-refractivity contribution in [3.63, 3.8) is 0 Å². The van der Waals surface area contributed by atoms with E-state index in [1.165, 1.54) is 0 Å². The number of ether oxygens (including phenoxy) is 1. The maximum Gasteiger partial charge on any atom is 0.325 e. The second kappa shape index (κ2) is 7.69. The second-order valence-electron chi connectivity index (χ2n) is 8.55. The molecule has 0 unspecified atom stereocenters. The van der Waals surface area contributed by atoms with E-state index in [4.69, 9.17) is 4.74 Å². The van der Waals surface area contributed by atoms with Crippen LogP contribution < -0.4 is 15.4 Å². The van der Waals surface area contributed by atoms with Crippen LogP contribution in [-0.4, -0.2) is 41.4 Å². The number of nitrogens with zero attached hydrogens (tertiary/aromatic N) is 1. The molecule has 2 N–H and O–H groups in total. The minimum absolute atomic E-state index is 0.0809. The third-order valence-electron chi connectivity index (χ3n) is 6.61. The number of urea groups is 1. The first kappa shape index (κ1) is 19.7. The van der Waals surface area contributed by atoms with E-state index >= 15 is 0 Å². The summed E-state index contributed by atoms with van der Waals surface area (Å²) in [5.41, 5.74) is 1.30. The largest absolute Gasteiger partial charge is 0.493 e. The molecule has 2 aliphatic heterocycles. The third kappa shape index (κ3) is 3.58. The normalized spacial score (nSPS) is 27.2. The van der Waals surface area contributed by atoms with Gasteiger partial charge >= 0.3 is 6.03 Å². The monoisotopic (exact) mass is 399 g/mol. The van der Waals surface area contributed by atoms with Gasteiger partial charge in [-0.2, -0.15) is 0 Å². The number of fused-ring (bicyclic) bond motifs is 1. The summed E-state index contributed by atoms with van der Waals surface area (Å²) in [6.45, 7) is 4.39. The molecule has 1 saturated carbocycles. The van der Waals surface area contributed by atoms with Crippen LogP contribution in [0.5, 0.6) is 5.75 Å². The molecule has 1 aromatic carbocycles. The van der Waals surface area contributed by atoms with Crippen LogP contribution in [0.3, 0.4) is 0 Å². The molecule has 29 heavy (non-hydrogen) atoms. The summed E-state index contributed by atoms with van der Waals surface area (Å²) in [5, 5.41) is 5.81. The van der Waals surface area contributed by atoms with E-state index in [0.717, 1.165) is 60.5 Å². The molecule has 7 nitrogen and oxygen atoms in total. The smallest absolute Gasteiger partial charge is 0.325 e. The van der Waals surface area contributed by atoms with Gasteiger partial charge in [0.05, 0.1) is 12.6 Å². The van der Waals surface area contributed by atoms with Crippen molar-refractivity contribution >= 4 is 17.8 Å². The van der Waals surface area contributed by atoms with Gasteiger partial charge in [0.25, 0.3) is 5.91 Å². The van der Waals surface area contributed by atoms with Crippen LogP contribution in [0, 0.1) is 5.92 Å². The van der Waals surface area contributed by atoms with Crippen molar-refractivity contribution in [3.8, 4) is 5.75 Å². The van der Waals surface area contributed by atoms with E-state index in [1.807, 2.05) is 26.0 Å². The Morgan fingerprint density at radius 2 is 2.17 bits per heavy atom. The van der Waals surface area contributed by atoms with E-state index in [-0.39, 0.29) is 30.3 Å². The molecule has 2 fully saturated rings. The summed E-state index contributed by atoms with van der Waals surface area (Å²) < 4.78 is 5.64. The van der Waals surface area contributed by atoms with Gasteiger partial charge in [0.15, 0.2) is 0 Å². The predicted molar refractivity (Wildman–Crippen MR) is 107 cm³/mol. The third-order valence-corrected chi connectivity index (χ3v) is 6.61. The molecule has 3 atom stereocenters. The van der Waals surface area contributed by atoms with Crippen LogP contribution in [0.25, 0.3) is 0 Å². The highest BCUT2D eigenvalue weighted by Crippen LogP contribution is 2.38. The summed E-state index contributed by atoms with van der Waals surface area (Å²) >= 11 is 0. The number of carbonyl (C=O) groups excluding carboxylic acids is 3. The number of carbonyl (C=O) groups is 3. The van der Waals surface area contributed by atoms with Gasteiger partial charge in [0.1, 0.15) is 17.8 Å². The first-order valence-electron chi connectivity index (χ1n) is 10.6. The Morgan fingerprint density at radius 3 is 2.97 bits per heavy atom. The SMILES string of the molecule is C[C@H](NC(=O)CN1C(=O)N[C@@]2(CCCC[C@@H]2C)C1=O)c1ccc2c(c1)CCCO2. The van der Waals surface area contributed by atoms with Crippen LogP contribution in [0.4, 0.5) is 4.79 Å². The molecular weight excluding hydrogens is 370 g/mol. The van der Waals surface area contributed by atoms with Crippen LogP contribution in [0.2, 0.25) is 0 Å². The Morgan fingerprint density at radius 1 is 1.34 bits per heavy atom. The predicted octanol–water partition coefficient (Wildman–Crippen LogP) is 2.69. The Bertz CT molecular complexity index is 839. The van der Waals surface area contributed by atoms with Crippen molar-refractivity contribution < 1.29 is 19.1 Å². The van der Waals surface area contributed by atoms with Gasteiger partial charge < -0.3 is 15.4 Å². The zero-order valence-electron chi connectivity index (χ0n) is 17.1. The lowest BCUT2D eigenvalue weighted by Gasteiger charge is -2.36. The molecule has 0 radical (unpaired) electrons. The Labute approximate surface area is 171 Å². The molecule has 3 aliphatic rings. The number of imide groups is 1. The summed E-state index contributed by atoms with van der Waals surface area (Å²) in [5.74, 6) is 0.390. The minimum atomic E-state index is -0.834. The number of nitrogens with one attached hydrogen (secondary N) is 2. The standard InChI is InChI=1S/C22H29N3O4/c1-14-6-3-4-10-22(14)20(27)25(21(28)24-22)13-19(26)23-15(2)16-8-9-18-17(12-16)7-5-11-29-18/h8-9,12,14-15H,3-7,10-11,13H2,1-2H3,(H,23,26)(H,24,28)/t14-,15-,22+/m0/s1. The van der Waals surface area contributed by atoms with Gasteiger partial charge in [-0.15, -0.1) is 0 Å². The number of aryl methyl sites for hydroxylation is 1. The van der Waals surface area contributed by atoms with E-state index < -0.39 is 11.6 Å². The fourth-order valence-corrected chi connectivity index (χ4v) is 4.80. The summed E-state index contributed by atoms with van der Waals surface area (Å²) in [6.07, 6.45) is 5.48. The second-order valence-corrected chi connectivity index (χ2v) is 8.55. The van der Waals surface area contributed by atoms with Gasteiger partial charge in [-0.05, 0) is 55.7 Å². The van der Waals surface area contributed by atoms with Crippen molar-refractivity contribution in [3.05, 3.63) is 29.3 Å².